The molecule has 0 amide bonds. The fraction of sp³-hybridized carbons (Fsp3) is 0. The Morgan fingerprint density at radius 3 is 2.67 bits per heavy atom. The van der Waals surface area contributed by atoms with Crippen molar-refractivity contribution in [3.8, 4) is 5.82 Å². The van der Waals surface area contributed by atoms with E-state index in [1.165, 1.54) is 18.7 Å². The van der Waals surface area contributed by atoms with Crippen LogP contribution in [0.15, 0.2) is 55.1 Å². The first-order valence-corrected chi connectivity index (χ1v) is 8.44. The van der Waals surface area contributed by atoms with Gasteiger partial charge in [-0.1, -0.05) is 35.3 Å². The lowest BCUT2D eigenvalue weighted by atomic mass is 10.3. The zero-order chi connectivity index (χ0) is 19.0. The predicted molar refractivity (Wildman–Crippen MR) is 103 cm³/mol. The molecule has 2 heterocycles. The van der Waals surface area contributed by atoms with E-state index < -0.39 is 4.92 Å². The average molecular weight is 401 g/mol. The van der Waals surface area contributed by atoms with Crippen LogP contribution in [0.2, 0.25) is 10.0 Å². The maximum Gasteiger partial charge on any atom is 0.354 e. The second-order valence-corrected chi connectivity index (χ2v) is 6.35. The number of halogens is 2. The number of rotatable bonds is 4. The van der Waals surface area contributed by atoms with Gasteiger partial charge in [0.25, 0.3) is 0 Å². The van der Waals surface area contributed by atoms with Crippen LogP contribution in [0.5, 0.6) is 0 Å². The summed E-state index contributed by atoms with van der Waals surface area (Å²) in [5.41, 5.74) is 1.52. The number of nitro groups is 1. The number of para-hydroxylation sites is 2. The van der Waals surface area contributed by atoms with Crippen LogP contribution in [0.25, 0.3) is 16.9 Å². The van der Waals surface area contributed by atoms with Gasteiger partial charge in [-0.2, -0.15) is 0 Å². The maximum absolute atomic E-state index is 11.8. The van der Waals surface area contributed by atoms with Crippen molar-refractivity contribution in [1.29, 1.82) is 0 Å². The lowest BCUT2D eigenvalue weighted by molar-refractivity contribution is -0.384. The summed E-state index contributed by atoms with van der Waals surface area (Å²) in [4.78, 5) is 23.6. The van der Waals surface area contributed by atoms with E-state index in [-0.39, 0.29) is 17.3 Å². The molecule has 0 aliphatic carbocycles. The van der Waals surface area contributed by atoms with Gasteiger partial charge in [-0.3, -0.25) is 14.7 Å². The molecule has 8 nitrogen and oxygen atoms in total. The normalized spacial score (nSPS) is 10.9. The molecule has 4 aromatic rings. The van der Waals surface area contributed by atoms with E-state index >= 15 is 0 Å². The fourth-order valence-corrected chi connectivity index (χ4v) is 3.11. The number of aromatic nitrogens is 4. The number of benzene rings is 2. The van der Waals surface area contributed by atoms with Gasteiger partial charge in [0.05, 0.1) is 26.7 Å². The summed E-state index contributed by atoms with van der Waals surface area (Å²) in [5, 5.41) is 15.4. The van der Waals surface area contributed by atoms with Gasteiger partial charge >= 0.3 is 5.69 Å². The molecule has 0 saturated heterocycles. The molecular formula is C17H10Cl2N6O2. The van der Waals surface area contributed by atoms with Gasteiger partial charge in [0, 0.05) is 5.02 Å². The summed E-state index contributed by atoms with van der Waals surface area (Å²) in [6.07, 6.45) is 2.72. The van der Waals surface area contributed by atoms with E-state index in [2.05, 4.69) is 20.3 Å². The highest BCUT2D eigenvalue weighted by atomic mass is 35.5. The van der Waals surface area contributed by atoms with E-state index in [1.54, 1.807) is 22.8 Å². The van der Waals surface area contributed by atoms with E-state index in [0.717, 1.165) is 0 Å². The number of fused-ring (bicyclic) bond motifs is 1. The highest BCUT2D eigenvalue weighted by Crippen LogP contribution is 2.34. The summed E-state index contributed by atoms with van der Waals surface area (Å²) in [7, 11) is 0. The number of anilines is 2. The quantitative estimate of drug-likeness (QED) is 0.391. The Hall–Kier alpha value is -3.23. The van der Waals surface area contributed by atoms with E-state index in [4.69, 9.17) is 23.2 Å². The molecule has 0 radical (unpaired) electrons. The van der Waals surface area contributed by atoms with Crippen LogP contribution in [-0.4, -0.2) is 24.4 Å². The Labute approximate surface area is 162 Å². The first kappa shape index (κ1) is 17.2. The highest BCUT2D eigenvalue weighted by Gasteiger charge is 2.26. The van der Waals surface area contributed by atoms with E-state index in [1.807, 2.05) is 18.2 Å². The number of nitrogens with one attached hydrogen (secondary N) is 1. The highest BCUT2D eigenvalue weighted by molar-refractivity contribution is 6.36. The van der Waals surface area contributed by atoms with Gasteiger partial charge in [-0.15, -0.1) is 0 Å². The molecule has 1 N–H and O–H groups in total. The van der Waals surface area contributed by atoms with E-state index in [9.17, 15) is 10.1 Å². The van der Waals surface area contributed by atoms with Gasteiger partial charge in [0.15, 0.2) is 0 Å². The number of hydrogen-bond acceptors (Lipinski definition) is 6. The van der Waals surface area contributed by atoms with Gasteiger partial charge in [0.2, 0.25) is 11.6 Å². The minimum absolute atomic E-state index is 0.00648. The third-order valence-electron chi connectivity index (χ3n) is 3.85. The number of nitrogens with zero attached hydrogens (tertiary/aromatic N) is 5. The molecular weight excluding hydrogens is 391 g/mol. The number of imidazole rings is 1. The van der Waals surface area contributed by atoms with Crippen molar-refractivity contribution < 1.29 is 4.92 Å². The Bertz CT molecular complexity index is 1180. The van der Waals surface area contributed by atoms with Crippen molar-refractivity contribution in [2.45, 2.75) is 0 Å². The smallest absolute Gasteiger partial charge is 0.333 e. The zero-order valence-corrected chi connectivity index (χ0v) is 15.0. The molecule has 27 heavy (non-hydrogen) atoms. The molecule has 0 aliphatic rings. The molecule has 2 aromatic carbocycles. The van der Waals surface area contributed by atoms with Crippen LogP contribution in [0.1, 0.15) is 0 Å². The zero-order valence-electron chi connectivity index (χ0n) is 13.5. The fourth-order valence-electron chi connectivity index (χ4n) is 2.65. The Morgan fingerprint density at radius 1 is 1.07 bits per heavy atom. The third kappa shape index (κ3) is 3.16. The summed E-state index contributed by atoms with van der Waals surface area (Å²) >= 11 is 12.0. The van der Waals surface area contributed by atoms with E-state index in [0.29, 0.717) is 26.8 Å². The Morgan fingerprint density at radius 2 is 1.89 bits per heavy atom. The first-order valence-electron chi connectivity index (χ1n) is 7.68. The van der Waals surface area contributed by atoms with Gasteiger partial charge in [-0.25, -0.2) is 15.0 Å². The Balaban J connectivity index is 1.87. The summed E-state index contributed by atoms with van der Waals surface area (Å²) < 4.78 is 1.55. The van der Waals surface area contributed by atoms with Crippen LogP contribution in [-0.2, 0) is 0 Å². The SMILES string of the molecule is O=[N+]([O-])c1c(Nc2ccc(Cl)cc2Cl)ncnc1-n1cnc2ccccc21. The first-order chi connectivity index (χ1) is 13.0. The second kappa shape index (κ2) is 6.82. The predicted octanol–water partition coefficient (Wildman–Crippen LogP) is 4.77. The largest absolute Gasteiger partial charge is 0.354 e. The van der Waals surface area contributed by atoms with Crippen molar-refractivity contribution >= 4 is 51.4 Å². The van der Waals surface area contributed by atoms with Gasteiger partial charge < -0.3 is 5.32 Å². The second-order valence-electron chi connectivity index (χ2n) is 5.50. The van der Waals surface area contributed by atoms with Crippen LogP contribution in [0.3, 0.4) is 0 Å². The Kier molecular flexibility index (Phi) is 4.35. The van der Waals surface area contributed by atoms with Crippen LogP contribution >= 0.6 is 23.2 Å². The van der Waals surface area contributed by atoms with Gasteiger partial charge in [-0.05, 0) is 30.3 Å². The molecule has 0 aliphatic heterocycles. The minimum atomic E-state index is -0.545. The topological polar surface area (TPSA) is 98.8 Å². The lowest BCUT2D eigenvalue weighted by Crippen LogP contribution is -2.07. The van der Waals surface area contributed by atoms with Crippen molar-refractivity contribution in [2.75, 3.05) is 5.32 Å². The lowest BCUT2D eigenvalue weighted by Gasteiger charge is -2.10. The monoisotopic (exact) mass is 400 g/mol. The van der Waals surface area contributed by atoms with Crippen molar-refractivity contribution in [3.05, 3.63) is 75.3 Å². The molecule has 2 aromatic heterocycles. The van der Waals surface area contributed by atoms with Crippen LogP contribution in [0, 0.1) is 10.1 Å². The maximum atomic E-state index is 11.8. The van der Waals surface area contributed by atoms with Gasteiger partial charge in [0.1, 0.15) is 12.7 Å². The van der Waals surface area contributed by atoms with Crippen molar-refractivity contribution in [1.82, 2.24) is 19.5 Å². The average Bonchev–Trinajstić information content (AvgIpc) is 3.07. The molecule has 0 unspecified atom stereocenters. The van der Waals surface area contributed by atoms with Crippen molar-refractivity contribution in [3.63, 3.8) is 0 Å². The van der Waals surface area contributed by atoms with Crippen LogP contribution < -0.4 is 5.32 Å². The van der Waals surface area contributed by atoms with Crippen LogP contribution in [0.4, 0.5) is 17.2 Å². The molecule has 134 valence electrons. The third-order valence-corrected chi connectivity index (χ3v) is 4.40. The minimum Gasteiger partial charge on any atom is -0.333 e. The molecule has 0 saturated carbocycles. The summed E-state index contributed by atoms with van der Waals surface area (Å²) in [6.45, 7) is 0. The summed E-state index contributed by atoms with van der Waals surface area (Å²) in [5.74, 6) is 0.100. The molecule has 0 fully saturated rings. The standard InChI is InChI=1S/C17H10Cl2N6O2/c18-10-5-6-12(11(19)7-10)23-16-15(25(26)27)17(21-8-20-16)24-9-22-13-3-1-2-4-14(13)24/h1-9H,(H,20,21,23). The molecule has 0 atom stereocenters. The molecule has 0 bridgehead atoms. The molecule has 0 spiro atoms. The summed E-state index contributed by atoms with van der Waals surface area (Å²) in [6, 6.07) is 12.0. The number of hydrogen-bond donors (Lipinski definition) is 1. The molecule has 4 rings (SSSR count). The molecule has 10 heteroatoms. The van der Waals surface area contributed by atoms with Crippen molar-refractivity contribution in [2.24, 2.45) is 0 Å².